The summed E-state index contributed by atoms with van der Waals surface area (Å²) in [4.78, 5) is 25.8. The molecule has 2 rings (SSSR count). The fraction of sp³-hybridized carbons (Fsp3) is 0.250. The standard InChI is InChI=1S/C20H23N3O3/c1-15(13-20(25)23(2)17-7-5-4-6-8-17)21-22-19(24)14-16-9-11-18(26-3)12-10-16/h4-12H,13-14H2,1-3H3,(H,22,24)/b21-15-. The van der Waals surface area contributed by atoms with Crippen molar-refractivity contribution in [3.05, 3.63) is 60.2 Å². The van der Waals surface area contributed by atoms with Crippen LogP contribution in [0.3, 0.4) is 0 Å². The first-order chi connectivity index (χ1) is 12.5. The number of anilines is 1. The third kappa shape index (κ3) is 5.73. The van der Waals surface area contributed by atoms with Crippen LogP contribution in [-0.2, 0) is 16.0 Å². The van der Waals surface area contributed by atoms with E-state index in [2.05, 4.69) is 10.5 Å². The van der Waals surface area contributed by atoms with Crippen LogP contribution in [0.15, 0.2) is 59.7 Å². The van der Waals surface area contributed by atoms with Crippen LogP contribution < -0.4 is 15.1 Å². The van der Waals surface area contributed by atoms with E-state index in [1.807, 2.05) is 42.5 Å². The zero-order chi connectivity index (χ0) is 18.9. The Morgan fingerprint density at radius 3 is 2.35 bits per heavy atom. The minimum atomic E-state index is -0.238. The van der Waals surface area contributed by atoms with Gasteiger partial charge in [-0.15, -0.1) is 0 Å². The van der Waals surface area contributed by atoms with Gasteiger partial charge in [0.25, 0.3) is 0 Å². The molecule has 0 saturated heterocycles. The lowest BCUT2D eigenvalue weighted by molar-refractivity contribution is -0.120. The molecule has 0 saturated carbocycles. The monoisotopic (exact) mass is 353 g/mol. The largest absolute Gasteiger partial charge is 0.497 e. The smallest absolute Gasteiger partial charge is 0.244 e. The Morgan fingerprint density at radius 2 is 1.73 bits per heavy atom. The maximum Gasteiger partial charge on any atom is 0.244 e. The number of methoxy groups -OCH3 is 1. The molecule has 0 bridgehead atoms. The average molecular weight is 353 g/mol. The van der Waals surface area contributed by atoms with Crippen LogP contribution in [0, 0.1) is 0 Å². The fourth-order valence-electron chi connectivity index (χ4n) is 2.30. The molecule has 0 fully saturated rings. The van der Waals surface area contributed by atoms with Gasteiger partial charge in [0.05, 0.1) is 20.0 Å². The second kappa shape index (κ2) is 9.36. The minimum Gasteiger partial charge on any atom is -0.497 e. The molecule has 1 N–H and O–H groups in total. The molecule has 2 amide bonds. The second-order valence-electron chi connectivity index (χ2n) is 5.87. The van der Waals surface area contributed by atoms with Crippen molar-refractivity contribution in [1.29, 1.82) is 0 Å². The molecule has 0 atom stereocenters. The van der Waals surface area contributed by atoms with Crippen LogP contribution in [0.5, 0.6) is 5.75 Å². The van der Waals surface area contributed by atoms with Gasteiger partial charge in [0.1, 0.15) is 5.75 Å². The van der Waals surface area contributed by atoms with Gasteiger partial charge in [0.2, 0.25) is 11.8 Å². The topological polar surface area (TPSA) is 71.0 Å². The van der Waals surface area contributed by atoms with Crippen molar-refractivity contribution in [2.75, 3.05) is 19.1 Å². The van der Waals surface area contributed by atoms with E-state index in [-0.39, 0.29) is 24.7 Å². The average Bonchev–Trinajstić information content (AvgIpc) is 2.67. The fourth-order valence-corrected chi connectivity index (χ4v) is 2.30. The molecule has 0 aliphatic heterocycles. The van der Waals surface area contributed by atoms with Gasteiger partial charge in [-0.3, -0.25) is 9.59 Å². The Labute approximate surface area is 153 Å². The molecule has 26 heavy (non-hydrogen) atoms. The van der Waals surface area contributed by atoms with Gasteiger partial charge in [-0.2, -0.15) is 5.10 Å². The SMILES string of the molecule is COc1ccc(CC(=O)N/N=C(/C)CC(=O)N(C)c2ccccc2)cc1. The van der Waals surface area contributed by atoms with Crippen LogP contribution in [0.4, 0.5) is 5.69 Å². The number of nitrogens with one attached hydrogen (secondary N) is 1. The molecular formula is C20H23N3O3. The Bertz CT molecular complexity index is 771. The number of ether oxygens (including phenoxy) is 1. The zero-order valence-electron chi connectivity index (χ0n) is 15.2. The number of nitrogens with zero attached hydrogens (tertiary/aromatic N) is 2. The van der Waals surface area contributed by atoms with Crippen molar-refractivity contribution >= 4 is 23.2 Å². The van der Waals surface area contributed by atoms with Crippen molar-refractivity contribution in [2.24, 2.45) is 5.10 Å². The van der Waals surface area contributed by atoms with Crippen LogP contribution in [0.25, 0.3) is 0 Å². The molecule has 0 radical (unpaired) electrons. The molecule has 6 heteroatoms. The van der Waals surface area contributed by atoms with E-state index in [1.165, 1.54) is 0 Å². The highest BCUT2D eigenvalue weighted by Gasteiger charge is 2.12. The summed E-state index contributed by atoms with van der Waals surface area (Å²) in [6.07, 6.45) is 0.340. The molecule has 0 aliphatic rings. The first-order valence-electron chi connectivity index (χ1n) is 8.26. The summed E-state index contributed by atoms with van der Waals surface area (Å²) in [5, 5.41) is 4.01. The summed E-state index contributed by atoms with van der Waals surface area (Å²) in [6, 6.07) is 16.6. The summed E-state index contributed by atoms with van der Waals surface area (Å²) in [6.45, 7) is 1.71. The van der Waals surface area contributed by atoms with Gasteiger partial charge in [-0.1, -0.05) is 30.3 Å². The van der Waals surface area contributed by atoms with E-state index >= 15 is 0 Å². The summed E-state index contributed by atoms with van der Waals surface area (Å²) < 4.78 is 5.08. The van der Waals surface area contributed by atoms with E-state index in [0.717, 1.165) is 17.0 Å². The first-order valence-corrected chi connectivity index (χ1v) is 8.26. The number of hydrazone groups is 1. The molecule has 0 unspecified atom stereocenters. The number of carbonyl (C=O) groups is 2. The number of benzene rings is 2. The molecule has 0 heterocycles. The van der Waals surface area contributed by atoms with Gasteiger partial charge in [0.15, 0.2) is 0 Å². The summed E-state index contributed by atoms with van der Waals surface area (Å²) in [7, 11) is 3.31. The summed E-state index contributed by atoms with van der Waals surface area (Å²) in [5.74, 6) is 0.407. The molecule has 136 valence electrons. The number of carbonyl (C=O) groups excluding carboxylic acids is 2. The van der Waals surface area contributed by atoms with E-state index in [0.29, 0.717) is 5.71 Å². The normalized spacial score (nSPS) is 11.0. The van der Waals surface area contributed by atoms with E-state index < -0.39 is 0 Å². The Morgan fingerprint density at radius 1 is 1.08 bits per heavy atom. The van der Waals surface area contributed by atoms with Crippen LogP contribution in [-0.4, -0.2) is 31.7 Å². The Hall–Kier alpha value is -3.15. The van der Waals surface area contributed by atoms with E-state index in [9.17, 15) is 9.59 Å². The van der Waals surface area contributed by atoms with Gasteiger partial charge in [-0.05, 0) is 36.8 Å². The Balaban J connectivity index is 1.84. The predicted molar refractivity (Wildman–Crippen MR) is 102 cm³/mol. The number of para-hydroxylation sites is 1. The lowest BCUT2D eigenvalue weighted by atomic mass is 10.1. The minimum absolute atomic E-state index is 0.0955. The van der Waals surface area contributed by atoms with E-state index in [4.69, 9.17) is 4.74 Å². The highest BCUT2D eigenvalue weighted by Crippen LogP contribution is 2.13. The number of hydrogen-bond donors (Lipinski definition) is 1. The first kappa shape index (κ1) is 19.2. The third-order valence-electron chi connectivity index (χ3n) is 3.82. The van der Waals surface area contributed by atoms with Crippen molar-refractivity contribution in [2.45, 2.75) is 19.8 Å². The molecule has 6 nitrogen and oxygen atoms in total. The lowest BCUT2D eigenvalue weighted by Crippen LogP contribution is -2.28. The van der Waals surface area contributed by atoms with Crippen molar-refractivity contribution in [3.8, 4) is 5.75 Å². The van der Waals surface area contributed by atoms with Crippen molar-refractivity contribution in [3.63, 3.8) is 0 Å². The predicted octanol–water partition coefficient (Wildman–Crippen LogP) is 2.78. The third-order valence-corrected chi connectivity index (χ3v) is 3.82. The molecule has 2 aromatic carbocycles. The number of amides is 2. The van der Waals surface area contributed by atoms with E-state index in [1.54, 1.807) is 38.1 Å². The molecule has 2 aromatic rings. The lowest BCUT2D eigenvalue weighted by Gasteiger charge is -2.17. The number of rotatable bonds is 7. The van der Waals surface area contributed by atoms with Gasteiger partial charge in [0, 0.05) is 18.4 Å². The van der Waals surface area contributed by atoms with Gasteiger partial charge >= 0.3 is 0 Å². The zero-order valence-corrected chi connectivity index (χ0v) is 15.2. The Kier molecular flexibility index (Phi) is 6.91. The second-order valence-corrected chi connectivity index (χ2v) is 5.87. The van der Waals surface area contributed by atoms with Crippen LogP contribution in [0.2, 0.25) is 0 Å². The van der Waals surface area contributed by atoms with Crippen LogP contribution in [0.1, 0.15) is 18.9 Å². The molecular weight excluding hydrogens is 330 g/mol. The molecule has 0 spiro atoms. The molecule has 0 aromatic heterocycles. The maximum absolute atomic E-state index is 12.3. The highest BCUT2D eigenvalue weighted by atomic mass is 16.5. The maximum atomic E-state index is 12.3. The van der Waals surface area contributed by atoms with Crippen LogP contribution >= 0.6 is 0 Å². The number of hydrogen-bond acceptors (Lipinski definition) is 4. The van der Waals surface area contributed by atoms with Gasteiger partial charge < -0.3 is 9.64 Å². The highest BCUT2D eigenvalue weighted by molar-refractivity contribution is 6.06. The summed E-state index contributed by atoms with van der Waals surface area (Å²) in [5.41, 5.74) is 4.70. The molecule has 0 aliphatic carbocycles. The quantitative estimate of drug-likeness (QED) is 0.615. The summed E-state index contributed by atoms with van der Waals surface area (Å²) >= 11 is 0. The van der Waals surface area contributed by atoms with Crippen molar-refractivity contribution in [1.82, 2.24) is 5.43 Å². The van der Waals surface area contributed by atoms with Crippen molar-refractivity contribution < 1.29 is 14.3 Å². The van der Waals surface area contributed by atoms with Gasteiger partial charge in [-0.25, -0.2) is 5.43 Å².